The van der Waals surface area contributed by atoms with Crippen LogP contribution >= 0.6 is 0 Å². The molecule has 3 rings (SSSR count). The van der Waals surface area contributed by atoms with E-state index in [2.05, 4.69) is 10.3 Å². The third kappa shape index (κ3) is 2.34. The van der Waals surface area contributed by atoms with Crippen LogP contribution in [0.25, 0.3) is 0 Å². The van der Waals surface area contributed by atoms with E-state index in [0.29, 0.717) is 26.1 Å². The van der Waals surface area contributed by atoms with Gasteiger partial charge < -0.3 is 19.9 Å². The molecule has 2 N–H and O–H groups in total. The highest BCUT2D eigenvalue weighted by molar-refractivity contribution is 5.80. The zero-order valence-corrected chi connectivity index (χ0v) is 12.8. The molecule has 1 saturated heterocycles. The smallest absolute Gasteiger partial charge is 0.317 e. The summed E-state index contributed by atoms with van der Waals surface area (Å²) >= 11 is 0. The maximum Gasteiger partial charge on any atom is 0.317 e. The van der Waals surface area contributed by atoms with E-state index >= 15 is 0 Å². The first-order valence-corrected chi connectivity index (χ1v) is 7.83. The van der Waals surface area contributed by atoms with Crippen molar-refractivity contribution in [2.45, 2.75) is 39.3 Å². The number of aromatic nitrogens is 2. The summed E-state index contributed by atoms with van der Waals surface area (Å²) in [5.74, 6) is 0.142. The highest BCUT2D eigenvalue weighted by atomic mass is 16.4. The van der Waals surface area contributed by atoms with Crippen LogP contribution in [0.15, 0.2) is 12.4 Å². The maximum absolute atomic E-state index is 12.3. The number of aliphatic carboxylic acids is 1. The summed E-state index contributed by atoms with van der Waals surface area (Å²) in [6.45, 7) is 4.05. The van der Waals surface area contributed by atoms with E-state index < -0.39 is 11.4 Å². The molecule has 1 aliphatic heterocycles. The van der Waals surface area contributed by atoms with Gasteiger partial charge in [-0.3, -0.25) is 4.79 Å². The lowest BCUT2D eigenvalue weighted by Crippen LogP contribution is -2.41. The van der Waals surface area contributed by atoms with Crippen molar-refractivity contribution in [3.63, 3.8) is 0 Å². The predicted octanol–water partition coefficient (Wildman–Crippen LogP) is 1.30. The number of carbonyl (C=O) groups excluding carboxylic acids is 1. The van der Waals surface area contributed by atoms with Gasteiger partial charge in [0.05, 0.1) is 12.0 Å². The summed E-state index contributed by atoms with van der Waals surface area (Å²) in [4.78, 5) is 29.8. The van der Waals surface area contributed by atoms with Gasteiger partial charge in [-0.25, -0.2) is 9.78 Å². The summed E-state index contributed by atoms with van der Waals surface area (Å²) in [6.07, 6.45) is 6.11. The second-order valence-electron chi connectivity index (χ2n) is 6.22. The lowest BCUT2D eigenvalue weighted by Gasteiger charge is -2.23. The molecule has 2 fully saturated rings. The van der Waals surface area contributed by atoms with Crippen molar-refractivity contribution < 1.29 is 14.7 Å². The molecule has 2 amide bonds. The molecule has 0 radical (unpaired) electrons. The first-order valence-electron chi connectivity index (χ1n) is 7.83. The van der Waals surface area contributed by atoms with Crippen LogP contribution in [0.5, 0.6) is 0 Å². The summed E-state index contributed by atoms with van der Waals surface area (Å²) in [6, 6.07) is -0.194. The number of amides is 2. The Morgan fingerprint density at radius 3 is 3.05 bits per heavy atom. The molecule has 2 aliphatic rings. The summed E-state index contributed by atoms with van der Waals surface area (Å²) in [5.41, 5.74) is -0.723. The Labute approximate surface area is 129 Å². The lowest BCUT2D eigenvalue weighted by molar-refractivity contribution is -0.149. The van der Waals surface area contributed by atoms with Crippen LogP contribution in [0.4, 0.5) is 4.79 Å². The number of carbonyl (C=O) groups is 2. The Morgan fingerprint density at radius 1 is 1.55 bits per heavy atom. The molecule has 1 aromatic heterocycles. The fourth-order valence-electron chi connectivity index (χ4n) is 3.86. The normalized spacial score (nSPS) is 27.0. The summed E-state index contributed by atoms with van der Waals surface area (Å²) in [5, 5.41) is 12.4. The number of fused-ring (bicyclic) bond motifs is 1. The number of carboxylic acids is 1. The van der Waals surface area contributed by atoms with E-state index in [1.165, 1.54) is 0 Å². The van der Waals surface area contributed by atoms with Crippen molar-refractivity contribution in [2.24, 2.45) is 11.3 Å². The van der Waals surface area contributed by atoms with E-state index in [-0.39, 0.29) is 11.9 Å². The average Bonchev–Trinajstić information content (AvgIpc) is 3.17. The van der Waals surface area contributed by atoms with E-state index in [4.69, 9.17) is 0 Å². The Morgan fingerprint density at radius 2 is 2.36 bits per heavy atom. The number of likely N-dealkylation sites (tertiary alicyclic amines) is 1. The molecule has 1 saturated carbocycles. The summed E-state index contributed by atoms with van der Waals surface area (Å²) in [7, 11) is 0. The zero-order valence-electron chi connectivity index (χ0n) is 12.8. The second kappa shape index (κ2) is 5.62. The first-order chi connectivity index (χ1) is 10.6. The van der Waals surface area contributed by atoms with Crippen LogP contribution in [0.3, 0.4) is 0 Å². The average molecular weight is 306 g/mol. The molecule has 7 nitrogen and oxygen atoms in total. The number of hydrogen-bond donors (Lipinski definition) is 2. The van der Waals surface area contributed by atoms with Gasteiger partial charge in [-0.2, -0.15) is 0 Å². The third-order valence-electron chi connectivity index (χ3n) is 5.12. The monoisotopic (exact) mass is 306 g/mol. The van der Waals surface area contributed by atoms with Gasteiger partial charge in [-0.05, 0) is 25.7 Å². The minimum atomic E-state index is -0.758. The van der Waals surface area contributed by atoms with Crippen LogP contribution in [-0.2, 0) is 17.9 Å². The quantitative estimate of drug-likeness (QED) is 0.877. The maximum atomic E-state index is 12.3. The molecule has 2 heterocycles. The van der Waals surface area contributed by atoms with Crippen molar-refractivity contribution >= 4 is 12.0 Å². The zero-order chi connectivity index (χ0) is 15.7. The third-order valence-corrected chi connectivity index (χ3v) is 5.12. The van der Waals surface area contributed by atoms with Crippen LogP contribution in [-0.4, -0.2) is 44.6 Å². The number of imidazole rings is 1. The van der Waals surface area contributed by atoms with Gasteiger partial charge in [0, 0.05) is 32.0 Å². The van der Waals surface area contributed by atoms with Gasteiger partial charge in [0.2, 0.25) is 0 Å². The van der Waals surface area contributed by atoms with Gasteiger partial charge in [-0.1, -0.05) is 6.42 Å². The summed E-state index contributed by atoms with van der Waals surface area (Å²) < 4.78 is 1.97. The molecule has 1 aliphatic carbocycles. The van der Waals surface area contributed by atoms with E-state index in [1.807, 2.05) is 17.7 Å². The van der Waals surface area contributed by atoms with E-state index in [1.54, 1.807) is 11.1 Å². The van der Waals surface area contributed by atoms with Gasteiger partial charge in [-0.15, -0.1) is 0 Å². The molecular weight excluding hydrogens is 284 g/mol. The molecule has 7 heteroatoms. The highest BCUT2D eigenvalue weighted by Crippen LogP contribution is 2.48. The number of hydrogen-bond acceptors (Lipinski definition) is 3. The van der Waals surface area contributed by atoms with E-state index in [0.717, 1.165) is 25.2 Å². The van der Waals surface area contributed by atoms with Crippen molar-refractivity contribution in [3.05, 3.63) is 18.2 Å². The Balaban J connectivity index is 1.61. The number of aryl methyl sites for hydroxylation is 1. The van der Waals surface area contributed by atoms with Gasteiger partial charge >= 0.3 is 12.0 Å². The molecule has 0 spiro atoms. The van der Waals surface area contributed by atoms with Crippen LogP contribution < -0.4 is 5.32 Å². The lowest BCUT2D eigenvalue weighted by atomic mass is 9.81. The minimum absolute atomic E-state index is 0.0911. The SMILES string of the molecule is CCn1ccnc1CNC(=O)N1C[C@@H]2CCC[C@@]2(C(=O)O)C1. The highest BCUT2D eigenvalue weighted by Gasteiger charge is 2.55. The molecule has 0 unspecified atom stereocenters. The molecule has 120 valence electrons. The number of rotatable bonds is 4. The molecule has 2 atom stereocenters. The Kier molecular flexibility index (Phi) is 3.80. The number of urea groups is 1. The Bertz CT molecular complexity index is 585. The van der Waals surface area contributed by atoms with Crippen molar-refractivity contribution in [3.8, 4) is 0 Å². The standard InChI is InChI=1S/C15H22N4O3/c1-2-18-7-6-16-12(18)8-17-14(22)19-9-11-4-3-5-15(11,10-19)13(20)21/h6-7,11H,2-5,8-10H2,1H3,(H,17,22)(H,20,21)/t11-,15+/m0/s1. The minimum Gasteiger partial charge on any atom is -0.481 e. The molecule has 0 aromatic carbocycles. The first kappa shape index (κ1) is 14.9. The second-order valence-corrected chi connectivity index (χ2v) is 6.22. The topological polar surface area (TPSA) is 87.5 Å². The van der Waals surface area contributed by atoms with Crippen molar-refractivity contribution in [1.82, 2.24) is 19.8 Å². The molecule has 1 aromatic rings. The number of nitrogens with zero attached hydrogens (tertiary/aromatic N) is 3. The Hall–Kier alpha value is -2.05. The fourth-order valence-corrected chi connectivity index (χ4v) is 3.86. The molecule has 22 heavy (non-hydrogen) atoms. The van der Waals surface area contributed by atoms with Crippen LogP contribution in [0.1, 0.15) is 32.0 Å². The van der Waals surface area contributed by atoms with E-state index in [9.17, 15) is 14.7 Å². The number of carboxylic acid groups (broad SMARTS) is 1. The van der Waals surface area contributed by atoms with Gasteiger partial charge in [0.25, 0.3) is 0 Å². The fraction of sp³-hybridized carbons (Fsp3) is 0.667. The van der Waals surface area contributed by atoms with Gasteiger partial charge in [0.1, 0.15) is 5.82 Å². The predicted molar refractivity (Wildman–Crippen MR) is 79.1 cm³/mol. The van der Waals surface area contributed by atoms with Crippen molar-refractivity contribution in [1.29, 1.82) is 0 Å². The number of nitrogens with one attached hydrogen (secondary N) is 1. The largest absolute Gasteiger partial charge is 0.481 e. The molecule has 0 bridgehead atoms. The van der Waals surface area contributed by atoms with Crippen LogP contribution in [0, 0.1) is 11.3 Å². The van der Waals surface area contributed by atoms with Crippen molar-refractivity contribution in [2.75, 3.05) is 13.1 Å². The van der Waals surface area contributed by atoms with Crippen LogP contribution in [0.2, 0.25) is 0 Å². The van der Waals surface area contributed by atoms with Gasteiger partial charge in [0.15, 0.2) is 0 Å². The molecular formula is C15H22N4O3.